The molecule has 0 saturated heterocycles. The largest absolute Gasteiger partial charge is 0.390 e. The van der Waals surface area contributed by atoms with Gasteiger partial charge in [0.1, 0.15) is 11.6 Å². The van der Waals surface area contributed by atoms with E-state index in [1.165, 1.54) is 17.7 Å². The van der Waals surface area contributed by atoms with Crippen LogP contribution in [0.1, 0.15) is 29.2 Å². The van der Waals surface area contributed by atoms with Crippen LogP contribution < -0.4 is 10.6 Å². The Balaban J connectivity index is 1.67. The number of benzene rings is 3. The highest BCUT2D eigenvalue weighted by Gasteiger charge is 2.23. The molecular weight excluding hydrogens is 549 g/mol. The maximum Gasteiger partial charge on any atom is 0.224 e. The summed E-state index contributed by atoms with van der Waals surface area (Å²) < 4.78 is 28.4. The van der Waals surface area contributed by atoms with Gasteiger partial charge in [0.15, 0.2) is 0 Å². The van der Waals surface area contributed by atoms with Crippen molar-refractivity contribution in [1.82, 2.24) is 10.6 Å². The minimum atomic E-state index is -0.959. The lowest BCUT2D eigenvalue weighted by molar-refractivity contribution is -0.122. The molecule has 3 rings (SSSR count). The molecular formula is C27H29F2IN2O2. The smallest absolute Gasteiger partial charge is 0.224 e. The van der Waals surface area contributed by atoms with Crippen molar-refractivity contribution in [2.45, 2.75) is 44.9 Å². The second kappa shape index (κ2) is 12.9. The Labute approximate surface area is 212 Å². The maximum atomic E-state index is 13.7. The van der Waals surface area contributed by atoms with Gasteiger partial charge in [-0.15, -0.1) is 0 Å². The number of carbonyl (C=O) groups excluding carboxylic acids is 1. The highest BCUT2D eigenvalue weighted by Crippen LogP contribution is 2.14. The van der Waals surface area contributed by atoms with Crippen LogP contribution in [0.2, 0.25) is 0 Å². The van der Waals surface area contributed by atoms with E-state index in [4.69, 9.17) is 0 Å². The van der Waals surface area contributed by atoms with E-state index >= 15 is 0 Å². The highest BCUT2D eigenvalue weighted by molar-refractivity contribution is 14.1. The van der Waals surface area contributed by atoms with Crippen LogP contribution in [0.15, 0.2) is 66.7 Å². The van der Waals surface area contributed by atoms with Crippen molar-refractivity contribution in [3.8, 4) is 0 Å². The van der Waals surface area contributed by atoms with E-state index in [1.807, 2.05) is 36.4 Å². The lowest BCUT2D eigenvalue weighted by Gasteiger charge is -2.25. The molecule has 3 aromatic carbocycles. The van der Waals surface area contributed by atoms with Crippen molar-refractivity contribution in [2.24, 2.45) is 0 Å². The Bertz CT molecular complexity index is 1090. The first-order valence-electron chi connectivity index (χ1n) is 11.3. The van der Waals surface area contributed by atoms with Gasteiger partial charge in [0.05, 0.1) is 18.6 Å². The highest BCUT2D eigenvalue weighted by atomic mass is 127. The molecule has 4 nitrogen and oxygen atoms in total. The first-order chi connectivity index (χ1) is 16.3. The van der Waals surface area contributed by atoms with E-state index in [9.17, 15) is 18.7 Å². The van der Waals surface area contributed by atoms with E-state index in [0.29, 0.717) is 12.1 Å². The predicted molar refractivity (Wildman–Crippen MR) is 138 cm³/mol. The molecule has 0 heterocycles. The maximum absolute atomic E-state index is 13.7. The van der Waals surface area contributed by atoms with Gasteiger partial charge in [-0.3, -0.25) is 4.79 Å². The number of halogens is 3. The van der Waals surface area contributed by atoms with Crippen molar-refractivity contribution < 1.29 is 18.7 Å². The minimum Gasteiger partial charge on any atom is -0.390 e. The minimum absolute atomic E-state index is 0.0977. The molecule has 0 aromatic heterocycles. The summed E-state index contributed by atoms with van der Waals surface area (Å²) in [6.45, 7) is 2.86. The number of aliphatic hydroxyl groups excluding tert-OH is 1. The lowest BCUT2D eigenvalue weighted by Crippen LogP contribution is -2.49. The van der Waals surface area contributed by atoms with E-state index in [-0.39, 0.29) is 25.3 Å². The second-order valence-corrected chi connectivity index (χ2v) is 9.46. The fourth-order valence-corrected chi connectivity index (χ4v) is 4.38. The molecule has 0 bridgehead atoms. The second-order valence-electron chi connectivity index (χ2n) is 8.30. The average molecular weight is 578 g/mol. The van der Waals surface area contributed by atoms with Crippen molar-refractivity contribution in [3.05, 3.63) is 104 Å². The Morgan fingerprint density at radius 1 is 0.971 bits per heavy atom. The molecule has 0 aliphatic carbocycles. The van der Waals surface area contributed by atoms with Crippen LogP contribution in [0.5, 0.6) is 0 Å². The molecule has 7 heteroatoms. The topological polar surface area (TPSA) is 61.4 Å². The fraction of sp³-hybridized carbons (Fsp3) is 0.296. The van der Waals surface area contributed by atoms with Gasteiger partial charge in [-0.2, -0.15) is 0 Å². The molecule has 34 heavy (non-hydrogen) atoms. The number of amides is 1. The van der Waals surface area contributed by atoms with Gasteiger partial charge >= 0.3 is 0 Å². The fourth-order valence-electron chi connectivity index (χ4n) is 3.80. The van der Waals surface area contributed by atoms with Crippen LogP contribution in [0.4, 0.5) is 8.78 Å². The van der Waals surface area contributed by atoms with Gasteiger partial charge in [-0.25, -0.2) is 8.78 Å². The van der Waals surface area contributed by atoms with Crippen LogP contribution in [-0.4, -0.2) is 29.7 Å². The van der Waals surface area contributed by atoms with Crippen LogP contribution in [0, 0.1) is 15.2 Å². The standard InChI is InChI=1S/C27H29F2IN2O2/c1-2-18-6-5-7-19(10-18)16-31-17-26(33)25(13-20-11-22(28)15-23(29)12-20)32-27(34)14-21-8-3-4-9-24(21)30/h3-12,15,25-26,31,33H,2,13-14,16-17H2,1H3,(H,32,34)/t25-,26+/m0/s1. The monoisotopic (exact) mass is 578 g/mol. The summed E-state index contributed by atoms with van der Waals surface area (Å²) in [6, 6.07) is 18.3. The third-order valence-corrected chi connectivity index (χ3v) is 6.63. The summed E-state index contributed by atoms with van der Waals surface area (Å²) in [5.41, 5.74) is 3.57. The van der Waals surface area contributed by atoms with Crippen molar-refractivity contribution in [1.29, 1.82) is 0 Å². The molecule has 0 aliphatic rings. The van der Waals surface area contributed by atoms with Crippen molar-refractivity contribution in [2.75, 3.05) is 6.54 Å². The summed E-state index contributed by atoms with van der Waals surface area (Å²) in [5.74, 6) is -1.65. The molecule has 180 valence electrons. The van der Waals surface area contributed by atoms with E-state index < -0.39 is 23.8 Å². The number of aliphatic hydroxyl groups is 1. The van der Waals surface area contributed by atoms with Gasteiger partial charge in [-0.05, 0) is 75.9 Å². The zero-order valence-electron chi connectivity index (χ0n) is 19.0. The third-order valence-electron chi connectivity index (χ3n) is 5.58. The number of nitrogens with one attached hydrogen (secondary N) is 2. The van der Waals surface area contributed by atoms with Gasteiger partial charge in [0.2, 0.25) is 5.91 Å². The van der Waals surface area contributed by atoms with Crippen LogP contribution in [-0.2, 0) is 30.6 Å². The van der Waals surface area contributed by atoms with Crippen LogP contribution >= 0.6 is 22.6 Å². The van der Waals surface area contributed by atoms with Crippen molar-refractivity contribution in [3.63, 3.8) is 0 Å². The summed E-state index contributed by atoms with van der Waals surface area (Å²) >= 11 is 2.17. The first kappa shape index (κ1) is 26.2. The number of hydrogen-bond acceptors (Lipinski definition) is 3. The molecule has 0 radical (unpaired) electrons. The Morgan fingerprint density at radius 2 is 1.68 bits per heavy atom. The SMILES string of the molecule is CCc1cccc(CNC[C@@H](O)[C@H](Cc2cc(F)cc(F)c2)NC(=O)Cc2ccccc2I)c1. The normalized spacial score (nSPS) is 12.9. The van der Waals surface area contributed by atoms with Crippen LogP contribution in [0.25, 0.3) is 0 Å². The number of carbonyl (C=O) groups is 1. The summed E-state index contributed by atoms with van der Waals surface area (Å²) in [4.78, 5) is 12.8. The van der Waals surface area contributed by atoms with Gasteiger partial charge in [0.25, 0.3) is 0 Å². The molecule has 0 fully saturated rings. The zero-order chi connectivity index (χ0) is 24.5. The van der Waals surface area contributed by atoms with E-state index in [1.54, 1.807) is 0 Å². The summed E-state index contributed by atoms with van der Waals surface area (Å²) in [7, 11) is 0. The molecule has 3 aromatic rings. The Morgan fingerprint density at radius 3 is 2.38 bits per heavy atom. The summed E-state index contributed by atoms with van der Waals surface area (Å²) in [5, 5.41) is 17.0. The number of hydrogen-bond donors (Lipinski definition) is 3. The number of aryl methyl sites for hydroxylation is 1. The van der Waals surface area contributed by atoms with E-state index in [0.717, 1.165) is 27.2 Å². The molecule has 1 amide bonds. The van der Waals surface area contributed by atoms with Crippen LogP contribution in [0.3, 0.4) is 0 Å². The predicted octanol–water partition coefficient (Wildman–Crippen LogP) is 4.55. The van der Waals surface area contributed by atoms with Gasteiger partial charge in [-0.1, -0.05) is 49.4 Å². The first-order valence-corrected chi connectivity index (χ1v) is 12.4. The Hall–Kier alpha value is -2.36. The molecule has 3 N–H and O–H groups in total. The van der Waals surface area contributed by atoms with Gasteiger partial charge in [0, 0.05) is 22.7 Å². The van der Waals surface area contributed by atoms with Gasteiger partial charge < -0.3 is 15.7 Å². The Kier molecular flexibility index (Phi) is 9.98. The zero-order valence-corrected chi connectivity index (χ0v) is 21.2. The molecule has 0 saturated carbocycles. The summed E-state index contributed by atoms with van der Waals surface area (Å²) in [6.07, 6.45) is 0.228. The number of rotatable bonds is 11. The molecule has 0 spiro atoms. The third kappa shape index (κ3) is 8.14. The van der Waals surface area contributed by atoms with Crippen molar-refractivity contribution >= 4 is 28.5 Å². The quantitative estimate of drug-likeness (QED) is 0.293. The molecule has 0 unspecified atom stereocenters. The molecule has 0 aliphatic heterocycles. The lowest BCUT2D eigenvalue weighted by atomic mass is 10.00. The molecule has 2 atom stereocenters. The average Bonchev–Trinajstić information content (AvgIpc) is 2.79. The van der Waals surface area contributed by atoms with E-state index in [2.05, 4.69) is 52.3 Å².